The number of carbonyl (C=O) groups excluding carboxylic acids is 2. The smallest absolute Gasteiger partial charge is 0.302 e. The Morgan fingerprint density at radius 1 is 1.00 bits per heavy atom. The lowest BCUT2D eigenvalue weighted by Crippen LogP contribution is -2.31. The first-order valence-corrected chi connectivity index (χ1v) is 8.87. The van der Waals surface area contributed by atoms with E-state index in [1.54, 1.807) is 36.4 Å². The number of aliphatic hydroxyl groups excluding tert-OH is 1. The standard InChI is InChI=1S/C21H14N4O5/c26-18(13-6-2-1-3-7-13)16-17(14-8-4-9-15(12-14)25(29)30)24(20(28)19(16)27)21-22-10-5-11-23-21/h1-12,17,26H/t17-/m1/s1. The number of nitro groups is 1. The van der Waals surface area contributed by atoms with Crippen LogP contribution < -0.4 is 4.90 Å². The quantitative estimate of drug-likeness (QED) is 0.234. The van der Waals surface area contributed by atoms with Crippen molar-refractivity contribution in [2.75, 3.05) is 4.90 Å². The number of Topliss-reactive ketones (excluding diaryl/α,β-unsaturated/α-hetero) is 1. The number of non-ortho nitro benzene ring substituents is 1. The highest BCUT2D eigenvalue weighted by molar-refractivity contribution is 6.51. The maximum atomic E-state index is 12.9. The molecule has 1 aromatic heterocycles. The average Bonchev–Trinajstić information content (AvgIpc) is 3.05. The number of aliphatic hydroxyl groups is 1. The highest BCUT2D eigenvalue weighted by atomic mass is 16.6. The van der Waals surface area contributed by atoms with Gasteiger partial charge in [-0.25, -0.2) is 9.97 Å². The summed E-state index contributed by atoms with van der Waals surface area (Å²) >= 11 is 0. The normalized spacial score (nSPS) is 17.9. The molecule has 30 heavy (non-hydrogen) atoms. The molecule has 0 spiro atoms. The molecule has 1 N–H and O–H groups in total. The largest absolute Gasteiger partial charge is 0.507 e. The average molecular weight is 402 g/mol. The Hall–Kier alpha value is -4.40. The Bertz CT molecular complexity index is 1180. The van der Waals surface area contributed by atoms with E-state index in [0.717, 1.165) is 4.90 Å². The number of ketones is 1. The summed E-state index contributed by atoms with van der Waals surface area (Å²) in [6, 6.07) is 14.2. The fourth-order valence-electron chi connectivity index (χ4n) is 3.33. The van der Waals surface area contributed by atoms with Crippen LogP contribution in [0, 0.1) is 10.1 Å². The third-order valence-electron chi connectivity index (χ3n) is 4.66. The van der Waals surface area contributed by atoms with E-state index in [2.05, 4.69) is 9.97 Å². The number of hydrogen-bond donors (Lipinski definition) is 1. The monoisotopic (exact) mass is 402 g/mol. The molecule has 0 saturated carbocycles. The number of aromatic nitrogens is 2. The van der Waals surface area contributed by atoms with Gasteiger partial charge in [-0.05, 0) is 11.6 Å². The van der Waals surface area contributed by atoms with E-state index in [1.165, 1.54) is 36.7 Å². The fourth-order valence-corrected chi connectivity index (χ4v) is 3.33. The molecule has 1 saturated heterocycles. The van der Waals surface area contributed by atoms with Crippen LogP contribution in [0.1, 0.15) is 17.2 Å². The first-order chi connectivity index (χ1) is 14.5. The molecular formula is C21H14N4O5. The number of amides is 1. The van der Waals surface area contributed by atoms with Gasteiger partial charge in [-0.2, -0.15) is 0 Å². The Balaban J connectivity index is 1.97. The third kappa shape index (κ3) is 3.18. The molecule has 9 heteroatoms. The lowest BCUT2D eigenvalue weighted by Gasteiger charge is -2.23. The van der Waals surface area contributed by atoms with Crippen LogP contribution in [-0.4, -0.2) is 31.7 Å². The van der Waals surface area contributed by atoms with Gasteiger partial charge in [-0.3, -0.25) is 24.6 Å². The van der Waals surface area contributed by atoms with Crippen molar-refractivity contribution < 1.29 is 19.6 Å². The van der Waals surface area contributed by atoms with E-state index in [0.29, 0.717) is 5.56 Å². The Labute approximate surface area is 170 Å². The van der Waals surface area contributed by atoms with Gasteiger partial charge in [0.05, 0.1) is 16.5 Å². The van der Waals surface area contributed by atoms with E-state index >= 15 is 0 Å². The molecule has 0 unspecified atom stereocenters. The van der Waals surface area contributed by atoms with Crippen molar-refractivity contribution in [3.05, 3.63) is 99.9 Å². The second-order valence-corrected chi connectivity index (χ2v) is 6.44. The van der Waals surface area contributed by atoms with Crippen molar-refractivity contribution in [1.29, 1.82) is 0 Å². The molecular weight excluding hydrogens is 388 g/mol. The maximum absolute atomic E-state index is 12.9. The van der Waals surface area contributed by atoms with Crippen molar-refractivity contribution in [3.63, 3.8) is 0 Å². The van der Waals surface area contributed by atoms with Crippen LogP contribution in [0.2, 0.25) is 0 Å². The highest BCUT2D eigenvalue weighted by Gasteiger charge is 2.48. The molecule has 9 nitrogen and oxygen atoms in total. The van der Waals surface area contributed by atoms with Crippen LogP contribution in [-0.2, 0) is 9.59 Å². The minimum Gasteiger partial charge on any atom is -0.507 e. The van der Waals surface area contributed by atoms with Gasteiger partial charge in [-0.15, -0.1) is 0 Å². The lowest BCUT2D eigenvalue weighted by atomic mass is 9.95. The Morgan fingerprint density at radius 3 is 2.37 bits per heavy atom. The van der Waals surface area contributed by atoms with E-state index in [-0.39, 0.29) is 28.5 Å². The van der Waals surface area contributed by atoms with Crippen molar-refractivity contribution >= 4 is 29.1 Å². The molecule has 1 aliphatic heterocycles. The van der Waals surface area contributed by atoms with Crippen molar-refractivity contribution in [2.24, 2.45) is 0 Å². The summed E-state index contributed by atoms with van der Waals surface area (Å²) in [5.74, 6) is -2.30. The molecule has 1 atom stereocenters. The second-order valence-electron chi connectivity index (χ2n) is 6.44. The lowest BCUT2D eigenvalue weighted by molar-refractivity contribution is -0.384. The minimum atomic E-state index is -1.13. The minimum absolute atomic E-state index is 0.0526. The van der Waals surface area contributed by atoms with Gasteiger partial charge in [0.15, 0.2) is 0 Å². The second kappa shape index (κ2) is 7.55. The molecule has 1 aliphatic rings. The maximum Gasteiger partial charge on any atom is 0.302 e. The molecule has 1 amide bonds. The summed E-state index contributed by atoms with van der Waals surface area (Å²) in [5, 5.41) is 22.1. The Kier molecular flexibility index (Phi) is 4.77. The summed E-state index contributed by atoms with van der Waals surface area (Å²) < 4.78 is 0. The highest BCUT2D eigenvalue weighted by Crippen LogP contribution is 2.41. The van der Waals surface area contributed by atoms with Crippen LogP contribution in [0.3, 0.4) is 0 Å². The topological polar surface area (TPSA) is 127 Å². The van der Waals surface area contributed by atoms with Gasteiger partial charge in [0.1, 0.15) is 5.76 Å². The number of nitro benzene ring substituents is 1. The molecule has 1 fully saturated rings. The van der Waals surface area contributed by atoms with Gasteiger partial charge in [0, 0.05) is 30.1 Å². The van der Waals surface area contributed by atoms with Crippen LogP contribution >= 0.6 is 0 Å². The molecule has 3 aromatic rings. The predicted molar refractivity (Wildman–Crippen MR) is 106 cm³/mol. The van der Waals surface area contributed by atoms with Gasteiger partial charge in [-0.1, -0.05) is 42.5 Å². The number of rotatable bonds is 4. The molecule has 0 radical (unpaired) electrons. The summed E-state index contributed by atoms with van der Waals surface area (Å²) in [7, 11) is 0. The van der Waals surface area contributed by atoms with Gasteiger partial charge < -0.3 is 5.11 Å². The van der Waals surface area contributed by atoms with Gasteiger partial charge in [0.2, 0.25) is 5.95 Å². The molecule has 148 valence electrons. The zero-order valence-corrected chi connectivity index (χ0v) is 15.4. The molecule has 2 heterocycles. The number of nitrogens with zero attached hydrogens (tertiary/aromatic N) is 4. The van der Waals surface area contributed by atoms with E-state index < -0.39 is 22.7 Å². The number of anilines is 1. The predicted octanol–water partition coefficient (Wildman–Crippen LogP) is 3.01. The van der Waals surface area contributed by atoms with Crippen LogP contribution in [0.25, 0.3) is 5.76 Å². The summed E-state index contributed by atoms with van der Waals surface area (Å²) in [6.45, 7) is 0. The van der Waals surface area contributed by atoms with Crippen LogP contribution in [0.4, 0.5) is 11.6 Å². The van der Waals surface area contributed by atoms with E-state index in [4.69, 9.17) is 0 Å². The van der Waals surface area contributed by atoms with Gasteiger partial charge in [0.25, 0.3) is 11.5 Å². The SMILES string of the molecule is O=C1C(=O)N(c2ncccn2)[C@H](c2cccc([N+](=O)[O-])c2)C1=C(O)c1ccccc1. The molecule has 4 rings (SSSR count). The van der Waals surface area contributed by atoms with E-state index in [9.17, 15) is 24.8 Å². The Morgan fingerprint density at radius 2 is 1.70 bits per heavy atom. The van der Waals surface area contributed by atoms with E-state index in [1.807, 2.05) is 0 Å². The zero-order chi connectivity index (χ0) is 21.3. The first-order valence-electron chi connectivity index (χ1n) is 8.87. The van der Waals surface area contributed by atoms with Crippen LogP contribution in [0.15, 0.2) is 78.6 Å². The van der Waals surface area contributed by atoms with Crippen LogP contribution in [0.5, 0.6) is 0 Å². The van der Waals surface area contributed by atoms with Crippen molar-refractivity contribution in [3.8, 4) is 0 Å². The van der Waals surface area contributed by atoms with Crippen molar-refractivity contribution in [2.45, 2.75) is 6.04 Å². The number of hydrogen-bond acceptors (Lipinski definition) is 7. The number of carbonyl (C=O) groups is 2. The fraction of sp³-hybridized carbons (Fsp3) is 0.0476. The first kappa shape index (κ1) is 18.9. The molecule has 0 aliphatic carbocycles. The number of benzene rings is 2. The summed E-state index contributed by atoms with van der Waals surface area (Å²) in [6.07, 6.45) is 2.81. The summed E-state index contributed by atoms with van der Waals surface area (Å²) in [5.41, 5.74) is 0.194. The third-order valence-corrected chi connectivity index (χ3v) is 4.66. The summed E-state index contributed by atoms with van der Waals surface area (Å²) in [4.78, 5) is 45.6. The molecule has 2 aromatic carbocycles. The molecule has 0 bridgehead atoms. The van der Waals surface area contributed by atoms with Gasteiger partial charge >= 0.3 is 5.91 Å². The van der Waals surface area contributed by atoms with Crippen molar-refractivity contribution in [1.82, 2.24) is 9.97 Å². The zero-order valence-electron chi connectivity index (χ0n) is 15.4.